The smallest absolute Gasteiger partial charge is 0.290 e. The second-order valence-corrected chi connectivity index (χ2v) is 7.13. The monoisotopic (exact) mass is 340 g/mol. The van der Waals surface area contributed by atoms with Crippen LogP contribution in [0, 0.1) is 0 Å². The van der Waals surface area contributed by atoms with E-state index < -0.39 is 5.91 Å². The van der Waals surface area contributed by atoms with Crippen molar-refractivity contribution < 1.29 is 9.32 Å². The number of amides is 1. The fraction of sp³-hybridized carbons (Fsp3) is 0.588. The summed E-state index contributed by atoms with van der Waals surface area (Å²) in [6.07, 6.45) is 7.50. The van der Waals surface area contributed by atoms with Gasteiger partial charge in [0.25, 0.3) is 11.7 Å². The van der Waals surface area contributed by atoms with Crippen LogP contribution in [0.1, 0.15) is 77.7 Å². The van der Waals surface area contributed by atoms with Crippen molar-refractivity contribution in [1.29, 1.82) is 0 Å². The standard InChI is InChI=1S/C17H20N6O2/c18-13(24)15-21-17(25-22-15)12-5-2-8-23(12)16-10-3-1-4-11(10)19-14(20-16)9-6-7-9/h9,12H,1-8H2,(H2,18,24). The van der Waals surface area contributed by atoms with Crippen LogP contribution in [0.2, 0.25) is 0 Å². The van der Waals surface area contributed by atoms with E-state index in [1.165, 1.54) is 24.1 Å². The molecule has 1 aliphatic heterocycles. The van der Waals surface area contributed by atoms with Gasteiger partial charge in [0.05, 0.1) is 0 Å². The molecular formula is C17H20N6O2. The van der Waals surface area contributed by atoms with E-state index in [1.807, 2.05) is 0 Å². The molecule has 3 aliphatic rings. The van der Waals surface area contributed by atoms with Crippen molar-refractivity contribution in [2.24, 2.45) is 5.73 Å². The number of nitrogens with zero attached hydrogens (tertiary/aromatic N) is 5. The van der Waals surface area contributed by atoms with Crippen LogP contribution in [0.3, 0.4) is 0 Å². The van der Waals surface area contributed by atoms with E-state index in [2.05, 4.69) is 15.0 Å². The molecule has 2 aliphatic carbocycles. The van der Waals surface area contributed by atoms with Crippen molar-refractivity contribution >= 4 is 11.7 Å². The maximum Gasteiger partial charge on any atom is 0.290 e. The van der Waals surface area contributed by atoms with Crippen molar-refractivity contribution in [2.75, 3.05) is 11.4 Å². The first kappa shape index (κ1) is 14.8. The number of carbonyl (C=O) groups excluding carboxylic acids is 1. The van der Waals surface area contributed by atoms with Gasteiger partial charge in [-0.05, 0) is 44.9 Å². The predicted octanol–water partition coefficient (Wildman–Crippen LogP) is 1.67. The predicted molar refractivity (Wildman–Crippen MR) is 88.2 cm³/mol. The molecule has 1 saturated heterocycles. The Kier molecular flexibility index (Phi) is 3.26. The summed E-state index contributed by atoms with van der Waals surface area (Å²) >= 11 is 0. The van der Waals surface area contributed by atoms with Gasteiger partial charge < -0.3 is 15.2 Å². The number of anilines is 1. The van der Waals surface area contributed by atoms with Crippen molar-refractivity contribution in [3.05, 3.63) is 28.8 Å². The number of fused-ring (bicyclic) bond motifs is 1. The Labute approximate surface area is 144 Å². The summed E-state index contributed by atoms with van der Waals surface area (Å²) in [7, 11) is 0. The molecule has 8 nitrogen and oxygen atoms in total. The summed E-state index contributed by atoms with van der Waals surface area (Å²) < 4.78 is 5.32. The van der Waals surface area contributed by atoms with Crippen molar-refractivity contribution in [2.45, 2.75) is 56.9 Å². The maximum atomic E-state index is 11.3. The molecule has 3 heterocycles. The van der Waals surface area contributed by atoms with E-state index in [0.29, 0.717) is 11.8 Å². The molecule has 2 aromatic rings. The normalized spacial score (nSPS) is 22.4. The molecule has 1 saturated carbocycles. The highest BCUT2D eigenvalue weighted by molar-refractivity contribution is 5.88. The van der Waals surface area contributed by atoms with Gasteiger partial charge in [0.2, 0.25) is 5.89 Å². The average Bonchev–Trinajstić information content (AvgIpc) is 3.05. The average molecular weight is 340 g/mol. The van der Waals surface area contributed by atoms with E-state index in [0.717, 1.165) is 50.3 Å². The summed E-state index contributed by atoms with van der Waals surface area (Å²) in [6, 6.07) is -0.0488. The number of carbonyl (C=O) groups is 1. The molecule has 0 aromatic carbocycles. The van der Waals surface area contributed by atoms with Gasteiger partial charge in [0.1, 0.15) is 17.7 Å². The van der Waals surface area contributed by atoms with Crippen LogP contribution in [0.4, 0.5) is 5.82 Å². The van der Waals surface area contributed by atoms with Crippen molar-refractivity contribution in [3.63, 3.8) is 0 Å². The van der Waals surface area contributed by atoms with Gasteiger partial charge in [-0.15, -0.1) is 0 Å². The lowest BCUT2D eigenvalue weighted by molar-refractivity contribution is 0.0987. The van der Waals surface area contributed by atoms with E-state index in [4.69, 9.17) is 20.2 Å². The van der Waals surface area contributed by atoms with E-state index in [9.17, 15) is 4.79 Å². The number of aromatic nitrogens is 4. The molecule has 0 radical (unpaired) electrons. The van der Waals surface area contributed by atoms with Crippen LogP contribution in [-0.2, 0) is 12.8 Å². The van der Waals surface area contributed by atoms with Gasteiger partial charge in [0, 0.05) is 23.7 Å². The zero-order valence-electron chi connectivity index (χ0n) is 13.9. The molecule has 1 amide bonds. The highest BCUT2D eigenvalue weighted by Gasteiger charge is 2.36. The number of nitrogens with two attached hydrogens (primary N) is 1. The Morgan fingerprint density at radius 2 is 2.00 bits per heavy atom. The first-order valence-electron chi connectivity index (χ1n) is 9.00. The quantitative estimate of drug-likeness (QED) is 0.901. The number of hydrogen-bond donors (Lipinski definition) is 1. The fourth-order valence-electron chi connectivity index (χ4n) is 3.94. The molecular weight excluding hydrogens is 320 g/mol. The Bertz CT molecular complexity index is 844. The molecule has 25 heavy (non-hydrogen) atoms. The first-order valence-corrected chi connectivity index (χ1v) is 9.00. The lowest BCUT2D eigenvalue weighted by Gasteiger charge is -2.25. The molecule has 2 fully saturated rings. The summed E-state index contributed by atoms with van der Waals surface area (Å²) in [5, 5.41) is 3.70. The van der Waals surface area contributed by atoms with E-state index in [1.54, 1.807) is 0 Å². The third kappa shape index (κ3) is 2.47. The van der Waals surface area contributed by atoms with Gasteiger partial charge in [-0.25, -0.2) is 9.97 Å². The van der Waals surface area contributed by atoms with Crippen LogP contribution in [0.25, 0.3) is 0 Å². The topological polar surface area (TPSA) is 111 Å². The molecule has 130 valence electrons. The number of rotatable bonds is 4. The lowest BCUT2D eigenvalue weighted by Crippen LogP contribution is -2.26. The third-order valence-corrected chi connectivity index (χ3v) is 5.34. The highest BCUT2D eigenvalue weighted by Crippen LogP contribution is 2.43. The largest absolute Gasteiger partial charge is 0.363 e. The van der Waals surface area contributed by atoms with Gasteiger partial charge in [-0.1, -0.05) is 5.16 Å². The summed E-state index contributed by atoms with van der Waals surface area (Å²) in [5.74, 6) is 2.27. The number of hydrogen-bond acceptors (Lipinski definition) is 7. The van der Waals surface area contributed by atoms with Crippen molar-refractivity contribution in [1.82, 2.24) is 20.1 Å². The lowest BCUT2D eigenvalue weighted by atomic mass is 10.2. The molecule has 0 spiro atoms. The maximum absolute atomic E-state index is 11.3. The Hall–Kier alpha value is -2.51. The highest BCUT2D eigenvalue weighted by atomic mass is 16.5. The molecule has 2 N–H and O–H groups in total. The molecule has 1 unspecified atom stereocenters. The second kappa shape index (κ2) is 5.50. The molecule has 2 aromatic heterocycles. The minimum atomic E-state index is -0.668. The summed E-state index contributed by atoms with van der Waals surface area (Å²) in [6.45, 7) is 0.895. The Balaban J connectivity index is 1.54. The van der Waals surface area contributed by atoms with Crippen LogP contribution >= 0.6 is 0 Å². The third-order valence-electron chi connectivity index (χ3n) is 5.34. The molecule has 5 rings (SSSR count). The van der Waals surface area contributed by atoms with Gasteiger partial charge in [0.15, 0.2) is 0 Å². The minimum Gasteiger partial charge on any atom is -0.363 e. The van der Waals surface area contributed by atoms with Crippen LogP contribution in [0.5, 0.6) is 0 Å². The van der Waals surface area contributed by atoms with Crippen LogP contribution in [-0.4, -0.2) is 32.6 Å². The summed E-state index contributed by atoms with van der Waals surface area (Å²) in [4.78, 5) is 27.5. The fourth-order valence-corrected chi connectivity index (χ4v) is 3.94. The SMILES string of the molecule is NC(=O)c1noc(C2CCCN2c2nc(C3CC3)nc3c2CCC3)n1. The molecule has 8 heteroatoms. The molecule has 1 atom stereocenters. The van der Waals surface area contributed by atoms with E-state index >= 15 is 0 Å². The molecule has 0 bridgehead atoms. The van der Waals surface area contributed by atoms with E-state index in [-0.39, 0.29) is 11.9 Å². The van der Waals surface area contributed by atoms with Gasteiger partial charge >= 0.3 is 0 Å². The first-order chi connectivity index (χ1) is 12.2. The minimum absolute atomic E-state index is 0.0488. The second-order valence-electron chi connectivity index (χ2n) is 7.13. The van der Waals surface area contributed by atoms with Crippen molar-refractivity contribution in [3.8, 4) is 0 Å². The van der Waals surface area contributed by atoms with Gasteiger partial charge in [-0.3, -0.25) is 4.79 Å². The summed E-state index contributed by atoms with van der Waals surface area (Å²) in [5.41, 5.74) is 7.73. The Morgan fingerprint density at radius 1 is 1.12 bits per heavy atom. The van der Waals surface area contributed by atoms with Gasteiger partial charge in [-0.2, -0.15) is 4.98 Å². The Morgan fingerprint density at radius 3 is 2.76 bits per heavy atom. The number of aryl methyl sites for hydroxylation is 1. The number of primary amides is 1. The zero-order chi connectivity index (χ0) is 17.0. The van der Waals surface area contributed by atoms with Crippen LogP contribution in [0.15, 0.2) is 4.52 Å². The zero-order valence-corrected chi connectivity index (χ0v) is 13.9. The van der Waals surface area contributed by atoms with Crippen LogP contribution < -0.4 is 10.6 Å².